The third kappa shape index (κ3) is 5.52. The zero-order valence-corrected chi connectivity index (χ0v) is 7.72. The van der Waals surface area contributed by atoms with Crippen molar-refractivity contribution in [1.29, 1.82) is 0 Å². The second-order valence-electron chi connectivity index (χ2n) is 2.67. The molecule has 0 aliphatic heterocycles. The standard InChI is InChI=1S/C7H16N4O/c1-5(2)11-7(8)10-4-6(12)9-3/h5H,4H2,1-3H3,(H,9,12)(H3,8,10,11). The van der Waals surface area contributed by atoms with Gasteiger partial charge in [-0.2, -0.15) is 0 Å². The van der Waals surface area contributed by atoms with Gasteiger partial charge in [-0.15, -0.1) is 0 Å². The second-order valence-corrected chi connectivity index (χ2v) is 2.67. The van der Waals surface area contributed by atoms with Crippen LogP contribution in [-0.2, 0) is 4.79 Å². The van der Waals surface area contributed by atoms with Crippen molar-refractivity contribution in [2.24, 2.45) is 10.7 Å². The zero-order chi connectivity index (χ0) is 9.56. The van der Waals surface area contributed by atoms with E-state index in [9.17, 15) is 4.79 Å². The molecule has 0 fully saturated rings. The molecule has 0 aromatic heterocycles. The molecule has 1 amide bonds. The van der Waals surface area contributed by atoms with Gasteiger partial charge in [-0.25, -0.2) is 4.99 Å². The Labute approximate surface area is 72.4 Å². The van der Waals surface area contributed by atoms with E-state index in [-0.39, 0.29) is 18.5 Å². The molecule has 0 aromatic rings. The monoisotopic (exact) mass is 172 g/mol. The number of carbonyl (C=O) groups is 1. The summed E-state index contributed by atoms with van der Waals surface area (Å²) in [5, 5.41) is 5.31. The lowest BCUT2D eigenvalue weighted by molar-refractivity contribution is -0.119. The fourth-order valence-corrected chi connectivity index (χ4v) is 0.577. The number of hydrogen-bond acceptors (Lipinski definition) is 2. The van der Waals surface area contributed by atoms with E-state index in [1.165, 1.54) is 0 Å². The Morgan fingerprint density at radius 1 is 1.58 bits per heavy atom. The summed E-state index contributed by atoms with van der Waals surface area (Å²) in [6, 6.07) is 0.235. The minimum Gasteiger partial charge on any atom is -0.370 e. The maximum Gasteiger partial charge on any atom is 0.241 e. The molecule has 0 bridgehead atoms. The zero-order valence-electron chi connectivity index (χ0n) is 7.72. The smallest absolute Gasteiger partial charge is 0.241 e. The van der Waals surface area contributed by atoms with Crippen LogP contribution in [0.2, 0.25) is 0 Å². The van der Waals surface area contributed by atoms with Crippen LogP contribution in [0.15, 0.2) is 4.99 Å². The Morgan fingerprint density at radius 2 is 2.17 bits per heavy atom. The summed E-state index contributed by atoms with van der Waals surface area (Å²) >= 11 is 0. The maximum atomic E-state index is 10.7. The average molecular weight is 172 g/mol. The molecule has 0 aliphatic carbocycles. The summed E-state index contributed by atoms with van der Waals surface area (Å²) in [6.45, 7) is 3.96. The van der Waals surface area contributed by atoms with Crippen LogP contribution in [-0.4, -0.2) is 31.5 Å². The number of hydrogen-bond donors (Lipinski definition) is 3. The Morgan fingerprint density at radius 3 is 2.58 bits per heavy atom. The molecule has 4 N–H and O–H groups in total. The van der Waals surface area contributed by atoms with Gasteiger partial charge in [0, 0.05) is 13.1 Å². The molecule has 0 spiro atoms. The number of nitrogens with zero attached hydrogens (tertiary/aromatic N) is 1. The Balaban J connectivity index is 3.76. The van der Waals surface area contributed by atoms with Gasteiger partial charge in [0.2, 0.25) is 5.91 Å². The lowest BCUT2D eigenvalue weighted by Gasteiger charge is -2.07. The first-order valence-electron chi connectivity index (χ1n) is 3.83. The van der Waals surface area contributed by atoms with Crippen LogP contribution >= 0.6 is 0 Å². The van der Waals surface area contributed by atoms with Crippen LogP contribution in [0.25, 0.3) is 0 Å². The van der Waals surface area contributed by atoms with Crippen molar-refractivity contribution in [2.75, 3.05) is 13.6 Å². The topological polar surface area (TPSA) is 79.5 Å². The number of nitrogens with one attached hydrogen (secondary N) is 2. The Bertz CT molecular complexity index is 176. The summed E-state index contributed by atoms with van der Waals surface area (Å²) in [5.74, 6) is 0.150. The molecular formula is C7H16N4O. The van der Waals surface area contributed by atoms with Gasteiger partial charge in [-0.1, -0.05) is 0 Å². The average Bonchev–Trinajstić information content (AvgIpc) is 1.99. The molecule has 0 aliphatic rings. The SMILES string of the molecule is CNC(=O)CN=C(N)NC(C)C. The quantitative estimate of drug-likeness (QED) is 0.379. The third-order valence-corrected chi connectivity index (χ3v) is 1.11. The highest BCUT2D eigenvalue weighted by Crippen LogP contribution is 1.76. The molecule has 5 heteroatoms. The van der Waals surface area contributed by atoms with Gasteiger partial charge in [0.1, 0.15) is 6.54 Å². The largest absolute Gasteiger partial charge is 0.370 e. The number of aliphatic imine (C=N–C) groups is 1. The molecule has 5 nitrogen and oxygen atoms in total. The molecule has 0 aromatic carbocycles. The van der Waals surface area contributed by atoms with E-state index >= 15 is 0 Å². The lowest BCUT2D eigenvalue weighted by Crippen LogP contribution is -2.37. The van der Waals surface area contributed by atoms with Gasteiger partial charge < -0.3 is 16.4 Å². The lowest BCUT2D eigenvalue weighted by atomic mass is 10.4. The molecule has 0 radical (unpaired) electrons. The first kappa shape index (κ1) is 10.7. The van der Waals surface area contributed by atoms with Crippen LogP contribution in [0.4, 0.5) is 0 Å². The van der Waals surface area contributed by atoms with Crippen molar-refractivity contribution in [3.05, 3.63) is 0 Å². The molecule has 0 heterocycles. The van der Waals surface area contributed by atoms with Crippen molar-refractivity contribution in [1.82, 2.24) is 10.6 Å². The van der Waals surface area contributed by atoms with Gasteiger partial charge >= 0.3 is 0 Å². The van der Waals surface area contributed by atoms with Crippen molar-refractivity contribution in [2.45, 2.75) is 19.9 Å². The molecule has 70 valence electrons. The van der Waals surface area contributed by atoms with Gasteiger partial charge in [-0.3, -0.25) is 4.79 Å². The number of amides is 1. The number of nitrogens with two attached hydrogens (primary N) is 1. The van der Waals surface area contributed by atoms with E-state index in [0.29, 0.717) is 5.96 Å². The van der Waals surface area contributed by atoms with Crippen LogP contribution in [0.1, 0.15) is 13.8 Å². The van der Waals surface area contributed by atoms with Crippen molar-refractivity contribution < 1.29 is 4.79 Å². The Kier molecular flexibility index (Phi) is 4.83. The summed E-state index contributed by atoms with van der Waals surface area (Å²) in [4.78, 5) is 14.5. The molecular weight excluding hydrogens is 156 g/mol. The fourth-order valence-electron chi connectivity index (χ4n) is 0.577. The first-order chi connectivity index (χ1) is 5.56. The normalized spacial score (nSPS) is 11.5. The van der Waals surface area contributed by atoms with Crippen LogP contribution in [0.5, 0.6) is 0 Å². The molecule has 0 atom stereocenters. The fraction of sp³-hybridized carbons (Fsp3) is 0.714. The van der Waals surface area contributed by atoms with E-state index in [4.69, 9.17) is 5.73 Å². The van der Waals surface area contributed by atoms with E-state index < -0.39 is 0 Å². The van der Waals surface area contributed by atoms with E-state index in [1.807, 2.05) is 13.8 Å². The van der Waals surface area contributed by atoms with Crippen LogP contribution in [0, 0.1) is 0 Å². The van der Waals surface area contributed by atoms with Crippen molar-refractivity contribution in [3.8, 4) is 0 Å². The first-order valence-corrected chi connectivity index (χ1v) is 3.83. The predicted molar refractivity (Wildman–Crippen MR) is 48.8 cm³/mol. The second kappa shape index (κ2) is 5.40. The highest BCUT2D eigenvalue weighted by molar-refractivity contribution is 5.83. The molecule has 0 saturated heterocycles. The number of rotatable bonds is 3. The van der Waals surface area contributed by atoms with Gasteiger partial charge in [0.15, 0.2) is 5.96 Å². The minimum atomic E-state index is -0.150. The summed E-state index contributed by atoms with van der Waals surface area (Å²) < 4.78 is 0. The molecule has 12 heavy (non-hydrogen) atoms. The summed E-state index contributed by atoms with van der Waals surface area (Å²) in [6.07, 6.45) is 0. The van der Waals surface area contributed by atoms with Gasteiger partial charge in [0.05, 0.1) is 0 Å². The van der Waals surface area contributed by atoms with E-state index in [0.717, 1.165) is 0 Å². The predicted octanol–water partition coefficient (Wildman–Crippen LogP) is -0.955. The number of carbonyl (C=O) groups excluding carboxylic acids is 1. The number of guanidine groups is 1. The van der Waals surface area contributed by atoms with Crippen molar-refractivity contribution in [3.63, 3.8) is 0 Å². The van der Waals surface area contributed by atoms with E-state index in [2.05, 4.69) is 15.6 Å². The number of likely N-dealkylation sites (N-methyl/N-ethyl adjacent to an activating group) is 1. The Hall–Kier alpha value is -1.26. The highest BCUT2D eigenvalue weighted by atomic mass is 16.1. The molecule has 0 saturated carbocycles. The van der Waals surface area contributed by atoms with E-state index in [1.54, 1.807) is 7.05 Å². The van der Waals surface area contributed by atoms with Crippen LogP contribution < -0.4 is 16.4 Å². The minimum absolute atomic E-state index is 0.0715. The van der Waals surface area contributed by atoms with Gasteiger partial charge in [-0.05, 0) is 13.8 Å². The third-order valence-electron chi connectivity index (χ3n) is 1.11. The summed E-state index contributed by atoms with van der Waals surface area (Å²) in [7, 11) is 1.56. The highest BCUT2D eigenvalue weighted by Gasteiger charge is 1.97. The van der Waals surface area contributed by atoms with Gasteiger partial charge in [0.25, 0.3) is 0 Å². The molecule has 0 unspecified atom stereocenters. The van der Waals surface area contributed by atoms with Crippen molar-refractivity contribution >= 4 is 11.9 Å². The van der Waals surface area contributed by atoms with Crippen LogP contribution in [0.3, 0.4) is 0 Å². The maximum absolute atomic E-state index is 10.7. The molecule has 0 rings (SSSR count). The summed E-state index contributed by atoms with van der Waals surface area (Å²) in [5.41, 5.74) is 5.44.